The van der Waals surface area contributed by atoms with Gasteiger partial charge in [0.2, 0.25) is 17.7 Å². The lowest BCUT2D eigenvalue weighted by Crippen LogP contribution is -2.10. The lowest BCUT2D eigenvalue weighted by Gasteiger charge is -1.89. The molecule has 0 bridgehead atoms. The molecule has 0 spiro atoms. The van der Waals surface area contributed by atoms with E-state index in [0.29, 0.717) is 5.56 Å². The molecule has 0 radical (unpaired) electrons. The van der Waals surface area contributed by atoms with E-state index in [1.807, 2.05) is 6.07 Å². The van der Waals surface area contributed by atoms with E-state index in [1.54, 1.807) is 24.3 Å². The summed E-state index contributed by atoms with van der Waals surface area (Å²) in [5, 5.41) is 0. The Morgan fingerprint density at radius 2 is 1.24 bits per heavy atom. The van der Waals surface area contributed by atoms with Crippen molar-refractivity contribution in [2.24, 2.45) is 17.2 Å². The van der Waals surface area contributed by atoms with Gasteiger partial charge in [0.05, 0.1) is 0 Å². The molecule has 0 atom stereocenters. The van der Waals surface area contributed by atoms with Gasteiger partial charge >= 0.3 is 0 Å². The monoisotopic (exact) mass is 235 g/mol. The van der Waals surface area contributed by atoms with Crippen LogP contribution in [0, 0.1) is 0 Å². The zero-order valence-corrected chi connectivity index (χ0v) is 9.00. The molecule has 0 saturated carbocycles. The normalized spacial score (nSPS) is 9.18. The van der Waals surface area contributed by atoms with E-state index in [2.05, 4.69) is 11.5 Å². The molecule has 1 rings (SSSR count). The first-order valence-electron chi connectivity index (χ1n) is 4.55. The van der Waals surface area contributed by atoms with Gasteiger partial charge in [-0.3, -0.25) is 14.4 Å². The van der Waals surface area contributed by atoms with Crippen molar-refractivity contribution in [1.82, 2.24) is 0 Å². The summed E-state index contributed by atoms with van der Waals surface area (Å²) in [6.07, 6.45) is 1.81. The van der Waals surface area contributed by atoms with E-state index in [4.69, 9.17) is 5.73 Å². The van der Waals surface area contributed by atoms with Crippen LogP contribution >= 0.6 is 0 Å². The number of carbonyl (C=O) groups is 3. The Bertz CT molecular complexity index is 411. The molecule has 0 unspecified atom stereocenters. The predicted octanol–water partition coefficient (Wildman–Crippen LogP) is -0.701. The summed E-state index contributed by atoms with van der Waals surface area (Å²) < 4.78 is 0. The third-order valence-corrected chi connectivity index (χ3v) is 1.47. The summed E-state index contributed by atoms with van der Waals surface area (Å²) in [6.45, 7) is 0. The van der Waals surface area contributed by atoms with Crippen LogP contribution in [-0.2, 0) is 9.59 Å². The molecule has 0 heterocycles. The number of hydrogen-bond acceptors (Lipinski definition) is 3. The minimum atomic E-state index is -0.677. The van der Waals surface area contributed by atoms with Gasteiger partial charge in [0.25, 0.3) is 0 Å². The number of nitrogens with two attached hydrogens (primary N) is 3. The lowest BCUT2D eigenvalue weighted by atomic mass is 10.2. The first-order valence-corrected chi connectivity index (χ1v) is 4.55. The smallest absolute Gasteiger partial charge is 0.248 e. The molecule has 6 nitrogen and oxygen atoms in total. The highest BCUT2D eigenvalue weighted by molar-refractivity contribution is 5.95. The summed E-state index contributed by atoms with van der Waals surface area (Å²) >= 11 is 0. The van der Waals surface area contributed by atoms with Crippen molar-refractivity contribution in [3.05, 3.63) is 48.0 Å². The highest BCUT2D eigenvalue weighted by Crippen LogP contribution is 1.94. The Morgan fingerprint density at radius 3 is 1.47 bits per heavy atom. The fourth-order valence-corrected chi connectivity index (χ4v) is 0.767. The SMILES string of the molecule is NC(=O)/C=C/C(N)=O.NC(=O)c1ccccc1. The fraction of sp³-hybridized carbons (Fsp3) is 0. The van der Waals surface area contributed by atoms with Gasteiger partial charge in [0.15, 0.2) is 0 Å². The highest BCUT2D eigenvalue weighted by Gasteiger charge is 1.93. The topological polar surface area (TPSA) is 129 Å². The molecule has 1 aromatic rings. The van der Waals surface area contributed by atoms with Gasteiger partial charge in [-0.2, -0.15) is 0 Å². The number of rotatable bonds is 3. The van der Waals surface area contributed by atoms with E-state index in [1.165, 1.54) is 0 Å². The third kappa shape index (κ3) is 8.37. The van der Waals surface area contributed by atoms with Crippen LogP contribution in [0.5, 0.6) is 0 Å². The quantitative estimate of drug-likeness (QED) is 0.599. The van der Waals surface area contributed by atoms with Crippen molar-refractivity contribution >= 4 is 17.7 Å². The molecule has 17 heavy (non-hydrogen) atoms. The van der Waals surface area contributed by atoms with Crippen molar-refractivity contribution in [2.45, 2.75) is 0 Å². The van der Waals surface area contributed by atoms with Crippen molar-refractivity contribution < 1.29 is 14.4 Å². The minimum Gasteiger partial charge on any atom is -0.366 e. The van der Waals surface area contributed by atoms with E-state index in [9.17, 15) is 14.4 Å². The van der Waals surface area contributed by atoms with Crippen LogP contribution in [-0.4, -0.2) is 17.7 Å². The van der Waals surface area contributed by atoms with Crippen molar-refractivity contribution in [3.63, 3.8) is 0 Å². The number of benzene rings is 1. The largest absolute Gasteiger partial charge is 0.366 e. The van der Waals surface area contributed by atoms with Gasteiger partial charge in [0.1, 0.15) is 0 Å². The Labute approximate surface area is 98.1 Å². The first-order chi connectivity index (χ1) is 7.93. The lowest BCUT2D eigenvalue weighted by molar-refractivity contribution is -0.115. The zero-order chi connectivity index (χ0) is 13.3. The molecular weight excluding hydrogens is 222 g/mol. The molecule has 0 fully saturated rings. The molecule has 0 saturated heterocycles. The van der Waals surface area contributed by atoms with Crippen LogP contribution in [0.15, 0.2) is 42.5 Å². The van der Waals surface area contributed by atoms with Gasteiger partial charge in [-0.05, 0) is 12.1 Å². The molecular formula is C11H13N3O3. The molecule has 6 heteroatoms. The Balaban J connectivity index is 0.000000304. The third-order valence-electron chi connectivity index (χ3n) is 1.47. The fourth-order valence-electron chi connectivity index (χ4n) is 0.767. The summed E-state index contributed by atoms with van der Waals surface area (Å²) in [5.74, 6) is -1.73. The van der Waals surface area contributed by atoms with Gasteiger partial charge in [-0.25, -0.2) is 0 Å². The molecule has 90 valence electrons. The van der Waals surface area contributed by atoms with Crippen LogP contribution in [0.2, 0.25) is 0 Å². The number of carbonyl (C=O) groups excluding carboxylic acids is 3. The second kappa shape index (κ2) is 7.63. The van der Waals surface area contributed by atoms with Gasteiger partial charge < -0.3 is 17.2 Å². The van der Waals surface area contributed by atoms with Crippen LogP contribution < -0.4 is 17.2 Å². The van der Waals surface area contributed by atoms with Gasteiger partial charge in [0, 0.05) is 17.7 Å². The Hall–Kier alpha value is -2.63. The summed E-state index contributed by atoms with van der Waals surface area (Å²) in [7, 11) is 0. The maximum atomic E-state index is 10.4. The number of primary amides is 3. The maximum Gasteiger partial charge on any atom is 0.248 e. The highest BCUT2D eigenvalue weighted by atomic mass is 16.2. The average Bonchev–Trinajstić information content (AvgIpc) is 2.28. The van der Waals surface area contributed by atoms with E-state index in [-0.39, 0.29) is 5.91 Å². The second-order valence-corrected chi connectivity index (χ2v) is 2.87. The van der Waals surface area contributed by atoms with Gasteiger partial charge in [-0.15, -0.1) is 0 Å². The average molecular weight is 235 g/mol. The minimum absolute atomic E-state index is 0.379. The van der Waals surface area contributed by atoms with E-state index >= 15 is 0 Å². The Morgan fingerprint density at radius 1 is 0.824 bits per heavy atom. The van der Waals surface area contributed by atoms with Crippen LogP contribution in [0.3, 0.4) is 0 Å². The summed E-state index contributed by atoms with van der Waals surface area (Å²) in [4.78, 5) is 30.1. The van der Waals surface area contributed by atoms with Crippen LogP contribution in [0.25, 0.3) is 0 Å². The predicted molar refractivity (Wildman–Crippen MR) is 62.5 cm³/mol. The molecule has 0 aliphatic rings. The standard InChI is InChI=1S/C7H7NO.C4H6N2O2/c8-7(9)6-4-2-1-3-5-6;5-3(7)1-2-4(6)8/h1-5H,(H2,8,9);1-2H,(H2,5,7)(H2,6,8)/b;2-1+. The van der Waals surface area contributed by atoms with E-state index < -0.39 is 11.8 Å². The summed E-state index contributed by atoms with van der Waals surface area (Å²) in [6, 6.07) is 8.76. The molecule has 0 aliphatic heterocycles. The van der Waals surface area contributed by atoms with Crippen molar-refractivity contribution in [1.29, 1.82) is 0 Å². The van der Waals surface area contributed by atoms with Gasteiger partial charge in [-0.1, -0.05) is 18.2 Å². The number of amides is 3. The van der Waals surface area contributed by atoms with Crippen molar-refractivity contribution in [3.8, 4) is 0 Å². The first kappa shape index (κ1) is 14.4. The van der Waals surface area contributed by atoms with Crippen LogP contribution in [0.4, 0.5) is 0 Å². The van der Waals surface area contributed by atoms with Crippen molar-refractivity contribution in [2.75, 3.05) is 0 Å². The number of hydrogen-bond donors (Lipinski definition) is 3. The molecule has 6 N–H and O–H groups in total. The van der Waals surface area contributed by atoms with E-state index in [0.717, 1.165) is 12.2 Å². The van der Waals surface area contributed by atoms with Crippen LogP contribution in [0.1, 0.15) is 10.4 Å². The zero-order valence-electron chi connectivity index (χ0n) is 9.00. The molecule has 1 aromatic carbocycles. The maximum absolute atomic E-state index is 10.4. The Kier molecular flexibility index (Phi) is 6.45. The molecule has 0 aromatic heterocycles. The molecule has 0 aliphatic carbocycles. The second-order valence-electron chi connectivity index (χ2n) is 2.87. The summed E-state index contributed by atoms with van der Waals surface area (Å²) in [5.41, 5.74) is 14.7. The molecule has 3 amide bonds.